The second-order valence-electron chi connectivity index (χ2n) is 5.99. The fraction of sp³-hybridized carbons (Fsp3) is 0.350. The summed E-state index contributed by atoms with van der Waals surface area (Å²) in [7, 11) is 3.23. The topological polar surface area (TPSA) is 42.5 Å². The normalized spacial score (nSPS) is 11.6. The average molecular weight is 359 g/mol. The van der Waals surface area contributed by atoms with E-state index >= 15 is 0 Å². The molecule has 0 bridgehead atoms. The molecule has 2 N–H and O–H groups in total. The van der Waals surface area contributed by atoms with Gasteiger partial charge in [-0.05, 0) is 55.7 Å². The maximum Gasteiger partial charge on any atom is 0.171 e. The largest absolute Gasteiger partial charge is 0.493 e. The summed E-state index contributed by atoms with van der Waals surface area (Å²) in [5, 5.41) is 7.21. The van der Waals surface area contributed by atoms with E-state index in [1.54, 1.807) is 14.2 Å². The molecular formula is C20H26N2O2S. The van der Waals surface area contributed by atoms with E-state index in [9.17, 15) is 0 Å². The summed E-state index contributed by atoms with van der Waals surface area (Å²) >= 11 is 5.49. The molecule has 0 saturated carbocycles. The molecule has 0 radical (unpaired) electrons. The van der Waals surface area contributed by atoms with Gasteiger partial charge in [-0.25, -0.2) is 0 Å². The zero-order valence-corrected chi connectivity index (χ0v) is 16.3. The second kappa shape index (κ2) is 8.72. The maximum atomic E-state index is 5.49. The molecule has 0 unspecified atom stereocenters. The molecule has 2 rings (SSSR count). The quantitative estimate of drug-likeness (QED) is 0.729. The maximum absolute atomic E-state index is 5.49. The first-order chi connectivity index (χ1) is 12.0. The number of anilines is 1. The fourth-order valence-corrected chi connectivity index (χ4v) is 3.12. The molecule has 0 heterocycles. The number of ether oxygens (including phenoxy) is 2. The van der Waals surface area contributed by atoms with Gasteiger partial charge in [0, 0.05) is 11.8 Å². The van der Waals surface area contributed by atoms with E-state index in [1.165, 1.54) is 16.7 Å². The monoisotopic (exact) mass is 358 g/mol. The van der Waals surface area contributed by atoms with Crippen LogP contribution in [0.4, 0.5) is 5.69 Å². The van der Waals surface area contributed by atoms with Crippen molar-refractivity contribution < 1.29 is 9.47 Å². The van der Waals surface area contributed by atoms with Crippen molar-refractivity contribution in [1.29, 1.82) is 0 Å². The van der Waals surface area contributed by atoms with Gasteiger partial charge in [0.2, 0.25) is 0 Å². The van der Waals surface area contributed by atoms with Gasteiger partial charge >= 0.3 is 0 Å². The molecule has 25 heavy (non-hydrogen) atoms. The highest BCUT2D eigenvalue weighted by atomic mass is 32.1. The first-order valence-corrected chi connectivity index (χ1v) is 8.76. The van der Waals surface area contributed by atoms with Crippen molar-refractivity contribution in [3.63, 3.8) is 0 Å². The minimum atomic E-state index is 0.167. The van der Waals surface area contributed by atoms with Gasteiger partial charge in [0.25, 0.3) is 0 Å². The van der Waals surface area contributed by atoms with Crippen LogP contribution in [0.1, 0.15) is 36.1 Å². The van der Waals surface area contributed by atoms with Crippen LogP contribution in [0.2, 0.25) is 0 Å². The highest BCUT2D eigenvalue weighted by molar-refractivity contribution is 7.80. The zero-order chi connectivity index (χ0) is 18.4. The van der Waals surface area contributed by atoms with Crippen LogP contribution >= 0.6 is 12.2 Å². The van der Waals surface area contributed by atoms with Crippen molar-refractivity contribution in [2.24, 2.45) is 0 Å². The molecule has 5 heteroatoms. The zero-order valence-electron chi connectivity index (χ0n) is 15.5. The van der Waals surface area contributed by atoms with E-state index in [2.05, 4.69) is 49.6 Å². The van der Waals surface area contributed by atoms with Crippen molar-refractivity contribution in [2.45, 2.75) is 33.2 Å². The molecule has 0 aromatic heterocycles. The molecule has 2 aromatic rings. The number of nitrogens with one attached hydrogen (secondary N) is 2. The van der Waals surface area contributed by atoms with Crippen molar-refractivity contribution in [2.75, 3.05) is 19.5 Å². The van der Waals surface area contributed by atoms with Gasteiger partial charge in [-0.3, -0.25) is 0 Å². The lowest BCUT2D eigenvalue weighted by atomic mass is 9.98. The smallest absolute Gasteiger partial charge is 0.171 e. The molecule has 0 saturated heterocycles. The third kappa shape index (κ3) is 4.86. The van der Waals surface area contributed by atoms with E-state index in [0.29, 0.717) is 16.6 Å². The van der Waals surface area contributed by atoms with E-state index < -0.39 is 0 Å². The van der Waals surface area contributed by atoms with Gasteiger partial charge in [0.05, 0.1) is 20.3 Å². The van der Waals surface area contributed by atoms with E-state index in [4.69, 9.17) is 21.7 Å². The fourth-order valence-electron chi connectivity index (χ4n) is 2.86. The summed E-state index contributed by atoms with van der Waals surface area (Å²) in [5.74, 6) is 1.35. The Hall–Kier alpha value is -2.27. The standard InChI is InChI=1S/C20H26N2O2S/c1-6-17(16-9-7-13(2)11-14(16)3)22-20(25)21-15-8-10-18(23-4)19(12-15)24-5/h7-12,17H,6H2,1-5H3,(H2,21,22,25)/t17-/m1/s1. The third-order valence-corrected chi connectivity index (χ3v) is 4.38. The van der Waals surface area contributed by atoms with Crippen LogP contribution in [0.15, 0.2) is 36.4 Å². The second-order valence-corrected chi connectivity index (χ2v) is 6.40. The summed E-state index contributed by atoms with van der Waals surface area (Å²) in [6, 6.07) is 12.3. The predicted molar refractivity (Wildman–Crippen MR) is 108 cm³/mol. The minimum Gasteiger partial charge on any atom is -0.493 e. The Morgan fingerprint density at radius 2 is 1.76 bits per heavy atom. The Morgan fingerprint density at radius 1 is 1.04 bits per heavy atom. The molecule has 0 fully saturated rings. The summed E-state index contributed by atoms with van der Waals surface area (Å²) in [5.41, 5.74) is 4.66. The van der Waals surface area contributed by atoms with E-state index in [-0.39, 0.29) is 6.04 Å². The summed E-state index contributed by atoms with van der Waals surface area (Å²) in [4.78, 5) is 0. The molecule has 0 aliphatic heterocycles. The average Bonchev–Trinajstić information content (AvgIpc) is 2.60. The summed E-state index contributed by atoms with van der Waals surface area (Å²) < 4.78 is 10.6. The van der Waals surface area contributed by atoms with Crippen LogP contribution in [0.25, 0.3) is 0 Å². The molecule has 2 aromatic carbocycles. The Labute approximate surface area is 155 Å². The Kier molecular flexibility index (Phi) is 6.65. The Morgan fingerprint density at radius 3 is 2.36 bits per heavy atom. The lowest BCUT2D eigenvalue weighted by Crippen LogP contribution is -2.32. The van der Waals surface area contributed by atoms with E-state index in [1.807, 2.05) is 18.2 Å². The van der Waals surface area contributed by atoms with Crippen molar-refractivity contribution in [3.05, 3.63) is 53.1 Å². The van der Waals surface area contributed by atoms with Crippen molar-refractivity contribution in [1.82, 2.24) is 5.32 Å². The number of aryl methyl sites for hydroxylation is 2. The number of benzene rings is 2. The predicted octanol–water partition coefficient (Wildman–Crippen LogP) is 4.76. The minimum absolute atomic E-state index is 0.167. The van der Waals surface area contributed by atoms with Gasteiger partial charge in [-0.15, -0.1) is 0 Å². The van der Waals surface area contributed by atoms with Crippen molar-refractivity contribution in [3.8, 4) is 11.5 Å². The SMILES string of the molecule is CC[C@@H](NC(=S)Nc1ccc(OC)c(OC)c1)c1ccc(C)cc1C. The highest BCUT2D eigenvalue weighted by Crippen LogP contribution is 2.30. The number of methoxy groups -OCH3 is 2. The van der Waals surface area contributed by atoms with Crippen molar-refractivity contribution >= 4 is 23.0 Å². The number of thiocarbonyl (C=S) groups is 1. The molecule has 134 valence electrons. The van der Waals surface area contributed by atoms with Crippen LogP contribution in [0.5, 0.6) is 11.5 Å². The molecule has 4 nitrogen and oxygen atoms in total. The molecule has 1 atom stereocenters. The number of hydrogen-bond donors (Lipinski definition) is 2. The lowest BCUT2D eigenvalue weighted by molar-refractivity contribution is 0.355. The first kappa shape index (κ1) is 19.1. The molecule has 0 aliphatic rings. The lowest BCUT2D eigenvalue weighted by Gasteiger charge is -2.22. The summed E-state index contributed by atoms with van der Waals surface area (Å²) in [6.07, 6.45) is 0.942. The number of hydrogen-bond acceptors (Lipinski definition) is 3. The molecule has 0 aliphatic carbocycles. The van der Waals surface area contributed by atoms with Crippen LogP contribution in [0, 0.1) is 13.8 Å². The number of rotatable bonds is 6. The van der Waals surface area contributed by atoms with Crippen LogP contribution < -0.4 is 20.1 Å². The van der Waals surface area contributed by atoms with Crippen LogP contribution in [0.3, 0.4) is 0 Å². The van der Waals surface area contributed by atoms with Gasteiger partial charge in [-0.1, -0.05) is 30.7 Å². The molecular weight excluding hydrogens is 332 g/mol. The van der Waals surface area contributed by atoms with Crippen LogP contribution in [-0.4, -0.2) is 19.3 Å². The first-order valence-electron chi connectivity index (χ1n) is 8.35. The van der Waals surface area contributed by atoms with Gasteiger partial charge < -0.3 is 20.1 Å². The Bertz CT molecular complexity index is 746. The highest BCUT2D eigenvalue weighted by Gasteiger charge is 2.13. The van der Waals surface area contributed by atoms with Gasteiger partial charge in [0.15, 0.2) is 16.6 Å². The summed E-state index contributed by atoms with van der Waals surface area (Å²) in [6.45, 7) is 6.39. The van der Waals surface area contributed by atoms with Gasteiger partial charge in [0.1, 0.15) is 0 Å². The molecule has 0 amide bonds. The van der Waals surface area contributed by atoms with Crippen LogP contribution in [-0.2, 0) is 0 Å². The van der Waals surface area contributed by atoms with E-state index in [0.717, 1.165) is 12.1 Å². The Balaban J connectivity index is 2.10. The third-order valence-electron chi connectivity index (χ3n) is 4.16. The van der Waals surface area contributed by atoms with Gasteiger partial charge in [-0.2, -0.15) is 0 Å². The molecule has 0 spiro atoms.